The van der Waals surface area contributed by atoms with Gasteiger partial charge in [0.15, 0.2) is 0 Å². The molecule has 24 heavy (non-hydrogen) atoms. The van der Waals surface area contributed by atoms with Crippen LogP contribution in [0.4, 0.5) is 5.69 Å². The van der Waals surface area contributed by atoms with E-state index in [2.05, 4.69) is 9.93 Å². The van der Waals surface area contributed by atoms with Crippen LogP contribution in [0.2, 0.25) is 0 Å². The van der Waals surface area contributed by atoms with Gasteiger partial charge >= 0.3 is 0 Å². The Morgan fingerprint density at radius 1 is 1.25 bits per heavy atom. The number of nitro benzene ring substituents is 1. The van der Waals surface area contributed by atoms with Gasteiger partial charge in [0.2, 0.25) is 0 Å². The van der Waals surface area contributed by atoms with Crippen molar-refractivity contribution in [2.45, 2.75) is 11.8 Å². The van der Waals surface area contributed by atoms with Gasteiger partial charge in [0.25, 0.3) is 15.7 Å². The molecule has 0 fully saturated rings. The van der Waals surface area contributed by atoms with Crippen molar-refractivity contribution in [3.63, 3.8) is 0 Å². The molecule has 1 N–H and O–H groups in total. The number of non-ortho nitro benzene ring substituents is 1. The lowest BCUT2D eigenvalue weighted by atomic mass is 10.2. The monoisotopic (exact) mass is 349 g/mol. The average Bonchev–Trinajstić information content (AvgIpc) is 2.56. The van der Waals surface area contributed by atoms with E-state index in [1.165, 1.54) is 36.5 Å². The molecule has 9 heteroatoms. The summed E-state index contributed by atoms with van der Waals surface area (Å²) in [7, 11) is -3.83. The summed E-state index contributed by atoms with van der Waals surface area (Å²) in [6, 6.07) is 11.6. The second kappa shape index (κ2) is 7.55. The van der Waals surface area contributed by atoms with Gasteiger partial charge in [0, 0.05) is 17.7 Å². The van der Waals surface area contributed by atoms with E-state index in [4.69, 9.17) is 4.74 Å². The molecule has 2 aromatic carbocycles. The van der Waals surface area contributed by atoms with Gasteiger partial charge < -0.3 is 4.74 Å². The minimum absolute atomic E-state index is 0.0298. The first-order valence-electron chi connectivity index (χ1n) is 6.94. The molecule has 0 aliphatic carbocycles. The van der Waals surface area contributed by atoms with E-state index >= 15 is 0 Å². The lowest BCUT2D eigenvalue weighted by molar-refractivity contribution is -0.384. The molecule has 0 heterocycles. The number of rotatable bonds is 7. The Bertz CT molecular complexity index is 848. The maximum absolute atomic E-state index is 12.1. The number of hydrazone groups is 1. The lowest BCUT2D eigenvalue weighted by Crippen LogP contribution is -2.18. The van der Waals surface area contributed by atoms with Crippen LogP contribution in [0.5, 0.6) is 5.75 Å². The first kappa shape index (κ1) is 17.4. The van der Waals surface area contributed by atoms with Crippen molar-refractivity contribution >= 4 is 21.9 Å². The Kier molecular flexibility index (Phi) is 5.48. The quantitative estimate of drug-likeness (QED) is 0.468. The molecule has 0 aliphatic rings. The molecule has 0 saturated carbocycles. The standard InChI is InChI=1S/C15H15N3O5S/c1-2-23-14-6-8-15(9-7-14)24(21,22)17-16-11-12-4-3-5-13(10-12)18(19)20/h3-11,17H,2H2,1H3. The Morgan fingerprint density at radius 3 is 2.58 bits per heavy atom. The third-order valence-corrected chi connectivity index (χ3v) is 4.15. The highest BCUT2D eigenvalue weighted by molar-refractivity contribution is 7.89. The molecule has 2 rings (SSSR count). The van der Waals surface area contributed by atoms with Crippen molar-refractivity contribution in [3.8, 4) is 5.75 Å². The van der Waals surface area contributed by atoms with Gasteiger partial charge in [-0.05, 0) is 31.2 Å². The van der Waals surface area contributed by atoms with E-state index in [0.29, 0.717) is 17.9 Å². The van der Waals surface area contributed by atoms with Crippen LogP contribution in [0.15, 0.2) is 58.5 Å². The molecule has 0 atom stereocenters. The molecular weight excluding hydrogens is 334 g/mol. The summed E-state index contributed by atoms with van der Waals surface area (Å²) < 4.78 is 29.4. The number of nitrogens with one attached hydrogen (secondary N) is 1. The second-order valence-corrected chi connectivity index (χ2v) is 6.27. The maximum atomic E-state index is 12.1. The number of nitro groups is 1. The van der Waals surface area contributed by atoms with Gasteiger partial charge in [0.1, 0.15) is 5.75 Å². The number of ether oxygens (including phenoxy) is 1. The summed E-state index contributed by atoms with van der Waals surface area (Å²) in [5.41, 5.74) is 0.298. The molecule has 0 aliphatic heterocycles. The fourth-order valence-electron chi connectivity index (χ4n) is 1.82. The largest absolute Gasteiger partial charge is 0.494 e. The van der Waals surface area contributed by atoms with Gasteiger partial charge in [-0.3, -0.25) is 10.1 Å². The first-order valence-corrected chi connectivity index (χ1v) is 8.43. The van der Waals surface area contributed by atoms with Crippen molar-refractivity contribution in [2.24, 2.45) is 5.10 Å². The van der Waals surface area contributed by atoms with Crippen LogP contribution in [-0.2, 0) is 10.0 Å². The van der Waals surface area contributed by atoms with Crippen LogP contribution in [0.1, 0.15) is 12.5 Å². The zero-order valence-corrected chi connectivity index (χ0v) is 13.6. The van der Waals surface area contributed by atoms with Crippen LogP contribution >= 0.6 is 0 Å². The van der Waals surface area contributed by atoms with E-state index in [1.54, 1.807) is 18.2 Å². The number of hydrogen-bond donors (Lipinski definition) is 1. The molecular formula is C15H15N3O5S. The van der Waals surface area contributed by atoms with E-state index in [1.807, 2.05) is 6.92 Å². The first-order chi connectivity index (χ1) is 11.4. The molecule has 0 unspecified atom stereocenters. The number of hydrogen-bond acceptors (Lipinski definition) is 6. The summed E-state index contributed by atoms with van der Waals surface area (Å²) in [5, 5.41) is 14.3. The van der Waals surface area contributed by atoms with Crippen LogP contribution in [-0.4, -0.2) is 26.2 Å². The highest BCUT2D eigenvalue weighted by Crippen LogP contribution is 2.16. The molecule has 0 radical (unpaired) electrons. The third kappa shape index (κ3) is 4.53. The second-order valence-electron chi connectivity index (χ2n) is 4.61. The van der Waals surface area contributed by atoms with Crippen molar-refractivity contribution in [1.29, 1.82) is 0 Å². The number of nitrogens with zero attached hydrogens (tertiary/aromatic N) is 2. The molecule has 8 nitrogen and oxygen atoms in total. The van der Waals surface area contributed by atoms with E-state index in [9.17, 15) is 18.5 Å². The molecule has 126 valence electrons. The average molecular weight is 349 g/mol. The Morgan fingerprint density at radius 2 is 1.96 bits per heavy atom. The van der Waals surface area contributed by atoms with Gasteiger partial charge in [-0.1, -0.05) is 12.1 Å². The zero-order chi connectivity index (χ0) is 17.6. The van der Waals surface area contributed by atoms with Crippen molar-refractivity contribution in [1.82, 2.24) is 4.83 Å². The molecule has 0 saturated heterocycles. The smallest absolute Gasteiger partial charge is 0.276 e. The van der Waals surface area contributed by atoms with Crippen molar-refractivity contribution in [3.05, 3.63) is 64.2 Å². The summed E-state index contributed by atoms with van der Waals surface area (Å²) in [4.78, 5) is 12.2. The van der Waals surface area contributed by atoms with Gasteiger partial charge in [-0.15, -0.1) is 0 Å². The number of benzene rings is 2. The van der Waals surface area contributed by atoms with Gasteiger partial charge in [-0.2, -0.15) is 13.5 Å². The van der Waals surface area contributed by atoms with Crippen LogP contribution in [0, 0.1) is 10.1 Å². The molecule has 0 amide bonds. The maximum Gasteiger partial charge on any atom is 0.276 e. The van der Waals surface area contributed by atoms with E-state index in [-0.39, 0.29) is 10.6 Å². The summed E-state index contributed by atoms with van der Waals surface area (Å²) in [5.74, 6) is 0.566. The predicted octanol–water partition coefficient (Wildman–Crippen LogP) is 2.31. The summed E-state index contributed by atoms with van der Waals surface area (Å²) in [6.45, 7) is 2.31. The lowest BCUT2D eigenvalue weighted by Gasteiger charge is -2.05. The van der Waals surface area contributed by atoms with Crippen molar-refractivity contribution < 1.29 is 18.1 Å². The molecule has 0 aromatic heterocycles. The van der Waals surface area contributed by atoms with Crippen molar-refractivity contribution in [2.75, 3.05) is 6.61 Å². The highest BCUT2D eigenvalue weighted by Gasteiger charge is 2.12. The van der Waals surface area contributed by atoms with Crippen LogP contribution in [0.3, 0.4) is 0 Å². The van der Waals surface area contributed by atoms with Crippen LogP contribution < -0.4 is 9.57 Å². The number of sulfonamides is 1. The van der Waals surface area contributed by atoms with E-state index in [0.717, 1.165) is 0 Å². The van der Waals surface area contributed by atoms with Gasteiger partial charge in [0.05, 0.1) is 22.6 Å². The molecule has 0 bridgehead atoms. The predicted molar refractivity (Wildman–Crippen MR) is 88.6 cm³/mol. The normalized spacial score (nSPS) is 11.4. The summed E-state index contributed by atoms with van der Waals surface area (Å²) in [6.07, 6.45) is 1.19. The fraction of sp³-hybridized carbons (Fsp3) is 0.133. The highest BCUT2D eigenvalue weighted by atomic mass is 32.2. The topological polar surface area (TPSA) is 111 Å². The minimum atomic E-state index is -3.83. The summed E-state index contributed by atoms with van der Waals surface area (Å²) >= 11 is 0. The van der Waals surface area contributed by atoms with E-state index < -0.39 is 14.9 Å². The third-order valence-electron chi connectivity index (χ3n) is 2.91. The Hall–Kier alpha value is -2.94. The SMILES string of the molecule is CCOc1ccc(S(=O)(=O)NN=Cc2cccc([N+](=O)[O-])c2)cc1. The fourth-order valence-corrected chi connectivity index (χ4v) is 2.61. The Labute approximate surface area is 139 Å². The molecule has 0 spiro atoms. The molecule has 2 aromatic rings. The van der Waals surface area contributed by atoms with Gasteiger partial charge in [-0.25, -0.2) is 4.83 Å². The minimum Gasteiger partial charge on any atom is -0.494 e. The van der Waals surface area contributed by atoms with Crippen LogP contribution in [0.25, 0.3) is 0 Å². The Balaban J connectivity index is 2.09. The zero-order valence-electron chi connectivity index (χ0n) is 12.7.